The SMILES string of the molecule is COC(=O)C1(NC(C)C)CCC(Sc2nc(C)cs2)C1. The Balaban J connectivity index is 2.05. The smallest absolute Gasteiger partial charge is 0.326 e. The number of rotatable bonds is 5. The number of aryl methyl sites for hydroxylation is 1. The van der Waals surface area contributed by atoms with Crippen LogP contribution in [0.5, 0.6) is 0 Å². The molecule has 1 aromatic heterocycles. The summed E-state index contributed by atoms with van der Waals surface area (Å²) in [5.41, 5.74) is 0.544. The van der Waals surface area contributed by atoms with Gasteiger partial charge in [0.2, 0.25) is 0 Å². The highest BCUT2D eigenvalue weighted by atomic mass is 32.2. The molecule has 6 heteroatoms. The van der Waals surface area contributed by atoms with Crippen molar-refractivity contribution in [3.63, 3.8) is 0 Å². The minimum absolute atomic E-state index is 0.135. The molecule has 1 aliphatic carbocycles. The molecule has 112 valence electrons. The van der Waals surface area contributed by atoms with E-state index in [1.165, 1.54) is 7.11 Å². The Hall–Kier alpha value is -0.590. The fourth-order valence-corrected chi connectivity index (χ4v) is 5.13. The summed E-state index contributed by atoms with van der Waals surface area (Å²) >= 11 is 3.47. The zero-order valence-electron chi connectivity index (χ0n) is 12.4. The third-order valence-electron chi connectivity index (χ3n) is 3.48. The number of carbonyl (C=O) groups is 1. The van der Waals surface area contributed by atoms with Gasteiger partial charge >= 0.3 is 5.97 Å². The zero-order valence-corrected chi connectivity index (χ0v) is 14.1. The molecule has 1 N–H and O–H groups in total. The van der Waals surface area contributed by atoms with Gasteiger partial charge in [0.05, 0.1) is 7.11 Å². The van der Waals surface area contributed by atoms with E-state index in [9.17, 15) is 4.79 Å². The molecule has 1 saturated carbocycles. The molecule has 0 aliphatic heterocycles. The largest absolute Gasteiger partial charge is 0.468 e. The summed E-state index contributed by atoms with van der Waals surface area (Å²) in [6.45, 7) is 6.14. The van der Waals surface area contributed by atoms with Crippen LogP contribution >= 0.6 is 23.1 Å². The third-order valence-corrected chi connectivity index (χ3v) is 5.83. The van der Waals surface area contributed by atoms with Gasteiger partial charge in [0.1, 0.15) is 9.88 Å². The van der Waals surface area contributed by atoms with Crippen LogP contribution in [0.1, 0.15) is 38.8 Å². The Bertz CT molecular complexity index is 475. The van der Waals surface area contributed by atoms with Crippen molar-refractivity contribution in [2.24, 2.45) is 0 Å². The number of esters is 1. The van der Waals surface area contributed by atoms with Crippen LogP contribution in [-0.2, 0) is 9.53 Å². The summed E-state index contributed by atoms with van der Waals surface area (Å²) in [7, 11) is 1.47. The standard InChI is InChI=1S/C14H22N2O2S2/c1-9(2)16-14(12(17)18-4)6-5-11(7-14)20-13-15-10(3)8-19-13/h8-9,11,16H,5-7H2,1-4H3. The molecule has 0 radical (unpaired) electrons. The van der Waals surface area contributed by atoms with Gasteiger partial charge in [-0.25, -0.2) is 4.98 Å². The Morgan fingerprint density at radius 2 is 2.40 bits per heavy atom. The van der Waals surface area contributed by atoms with E-state index in [1.807, 2.05) is 6.92 Å². The molecular formula is C14H22N2O2S2. The van der Waals surface area contributed by atoms with Crippen molar-refractivity contribution in [2.75, 3.05) is 7.11 Å². The summed E-state index contributed by atoms with van der Waals surface area (Å²) in [6, 6.07) is 0.264. The maximum absolute atomic E-state index is 12.2. The number of aromatic nitrogens is 1. The molecule has 0 spiro atoms. The van der Waals surface area contributed by atoms with Gasteiger partial charge in [-0.15, -0.1) is 11.3 Å². The predicted octanol–water partition coefficient (Wildman–Crippen LogP) is 3.01. The average Bonchev–Trinajstić information content (AvgIpc) is 2.96. The second-order valence-corrected chi connectivity index (χ2v) is 8.02. The maximum Gasteiger partial charge on any atom is 0.326 e. The lowest BCUT2D eigenvalue weighted by Crippen LogP contribution is -2.53. The van der Waals surface area contributed by atoms with E-state index >= 15 is 0 Å². The minimum Gasteiger partial charge on any atom is -0.468 e. The van der Waals surface area contributed by atoms with Crippen molar-refractivity contribution in [3.05, 3.63) is 11.1 Å². The number of hydrogen-bond donors (Lipinski definition) is 1. The molecular weight excluding hydrogens is 292 g/mol. The second-order valence-electron chi connectivity index (χ2n) is 5.61. The van der Waals surface area contributed by atoms with Gasteiger partial charge in [-0.05, 0) is 40.0 Å². The molecule has 2 rings (SSSR count). The highest BCUT2D eigenvalue weighted by molar-refractivity contribution is 8.01. The molecule has 1 aliphatic rings. The Morgan fingerprint density at radius 1 is 1.65 bits per heavy atom. The van der Waals surface area contributed by atoms with E-state index in [0.29, 0.717) is 5.25 Å². The predicted molar refractivity (Wildman–Crippen MR) is 83.4 cm³/mol. The van der Waals surface area contributed by atoms with Crippen LogP contribution in [0, 0.1) is 6.92 Å². The van der Waals surface area contributed by atoms with Crippen molar-refractivity contribution in [1.82, 2.24) is 10.3 Å². The van der Waals surface area contributed by atoms with E-state index in [2.05, 4.69) is 29.5 Å². The van der Waals surface area contributed by atoms with E-state index in [4.69, 9.17) is 4.74 Å². The first-order valence-corrected chi connectivity index (χ1v) is 8.66. The van der Waals surface area contributed by atoms with Gasteiger partial charge < -0.3 is 4.74 Å². The van der Waals surface area contributed by atoms with Gasteiger partial charge in [-0.3, -0.25) is 10.1 Å². The molecule has 1 heterocycles. The van der Waals surface area contributed by atoms with Gasteiger partial charge in [-0.2, -0.15) is 0 Å². The number of nitrogens with one attached hydrogen (secondary N) is 1. The van der Waals surface area contributed by atoms with Gasteiger partial charge in [0.25, 0.3) is 0 Å². The summed E-state index contributed by atoms with van der Waals surface area (Å²) in [5.74, 6) is -0.135. The molecule has 20 heavy (non-hydrogen) atoms. The van der Waals surface area contributed by atoms with Crippen molar-refractivity contribution in [3.8, 4) is 0 Å². The molecule has 1 fully saturated rings. The Labute approximate surface area is 128 Å². The molecule has 4 nitrogen and oxygen atoms in total. The Kier molecular flexibility index (Phi) is 5.09. The van der Waals surface area contributed by atoms with Crippen LogP contribution in [0.3, 0.4) is 0 Å². The summed E-state index contributed by atoms with van der Waals surface area (Å²) in [5, 5.41) is 5.91. The molecule has 1 aromatic rings. The van der Waals surface area contributed by atoms with Crippen LogP contribution in [0.25, 0.3) is 0 Å². The first-order valence-electron chi connectivity index (χ1n) is 6.90. The number of carbonyl (C=O) groups excluding carboxylic acids is 1. The monoisotopic (exact) mass is 314 g/mol. The van der Waals surface area contributed by atoms with Gasteiger partial charge in [0, 0.05) is 22.4 Å². The van der Waals surface area contributed by atoms with E-state index in [0.717, 1.165) is 29.3 Å². The number of nitrogens with zero attached hydrogens (tertiary/aromatic N) is 1. The highest BCUT2D eigenvalue weighted by Gasteiger charge is 2.46. The van der Waals surface area contributed by atoms with Gasteiger partial charge in [-0.1, -0.05) is 11.8 Å². The summed E-state index contributed by atoms with van der Waals surface area (Å²) < 4.78 is 6.11. The minimum atomic E-state index is -0.521. The summed E-state index contributed by atoms with van der Waals surface area (Å²) in [6.07, 6.45) is 2.65. The van der Waals surface area contributed by atoms with Crippen molar-refractivity contribution >= 4 is 29.1 Å². The van der Waals surface area contributed by atoms with Crippen LogP contribution in [0.15, 0.2) is 9.72 Å². The molecule has 2 unspecified atom stereocenters. The molecule has 0 saturated heterocycles. The number of thioether (sulfide) groups is 1. The average molecular weight is 314 g/mol. The second kappa shape index (κ2) is 6.45. The van der Waals surface area contributed by atoms with E-state index in [1.54, 1.807) is 23.1 Å². The highest BCUT2D eigenvalue weighted by Crippen LogP contribution is 2.41. The van der Waals surface area contributed by atoms with Crippen molar-refractivity contribution in [2.45, 2.75) is 61.2 Å². The van der Waals surface area contributed by atoms with Crippen molar-refractivity contribution < 1.29 is 9.53 Å². The van der Waals surface area contributed by atoms with Crippen LogP contribution in [0.2, 0.25) is 0 Å². The Morgan fingerprint density at radius 3 is 2.95 bits per heavy atom. The lowest BCUT2D eigenvalue weighted by molar-refractivity contribution is -0.148. The van der Waals surface area contributed by atoms with E-state index in [-0.39, 0.29) is 12.0 Å². The number of ether oxygens (including phenoxy) is 1. The fourth-order valence-electron chi connectivity index (χ4n) is 2.75. The summed E-state index contributed by atoms with van der Waals surface area (Å²) in [4.78, 5) is 16.7. The van der Waals surface area contributed by atoms with Crippen molar-refractivity contribution in [1.29, 1.82) is 0 Å². The first-order chi connectivity index (χ1) is 9.45. The number of thiazole rings is 1. The normalized spacial score (nSPS) is 26.1. The molecule has 0 bridgehead atoms. The number of hydrogen-bond acceptors (Lipinski definition) is 6. The third kappa shape index (κ3) is 3.54. The van der Waals surface area contributed by atoms with Crippen LogP contribution < -0.4 is 5.32 Å². The van der Waals surface area contributed by atoms with Crippen LogP contribution in [0.4, 0.5) is 0 Å². The maximum atomic E-state index is 12.2. The number of methoxy groups -OCH3 is 1. The lowest BCUT2D eigenvalue weighted by Gasteiger charge is -2.30. The van der Waals surface area contributed by atoms with E-state index < -0.39 is 5.54 Å². The quantitative estimate of drug-likeness (QED) is 0.847. The van der Waals surface area contributed by atoms with Gasteiger partial charge in [0.15, 0.2) is 0 Å². The molecule has 0 amide bonds. The first kappa shape index (κ1) is 15.8. The topological polar surface area (TPSA) is 51.2 Å². The zero-order chi connectivity index (χ0) is 14.8. The van der Waals surface area contributed by atoms with Crippen LogP contribution in [-0.4, -0.2) is 34.9 Å². The fraction of sp³-hybridized carbons (Fsp3) is 0.714. The molecule has 0 aromatic carbocycles. The lowest BCUT2D eigenvalue weighted by atomic mass is 9.97. The molecule has 2 atom stereocenters.